The molecule has 0 aromatic heterocycles. The van der Waals surface area contributed by atoms with Crippen LogP contribution in [0.5, 0.6) is 0 Å². The van der Waals surface area contributed by atoms with E-state index in [1.165, 1.54) is 24.0 Å². The van der Waals surface area contributed by atoms with E-state index in [0.29, 0.717) is 12.1 Å². The Bertz CT molecular complexity index is 316. The highest BCUT2D eigenvalue weighted by atomic mass is 15.0. The second kappa shape index (κ2) is 4.77. The standard InChI is InChI=1S/C13H20N2/c1-10-5-3-6-11(9-10)13(14-2)12-7-4-8-15-12/h3,5-6,9,12-15H,4,7-8H2,1-2H3. The van der Waals surface area contributed by atoms with Crippen LogP contribution in [-0.4, -0.2) is 19.6 Å². The lowest BCUT2D eigenvalue weighted by Crippen LogP contribution is -2.36. The summed E-state index contributed by atoms with van der Waals surface area (Å²) in [4.78, 5) is 0. The molecule has 1 aliphatic heterocycles. The van der Waals surface area contributed by atoms with E-state index in [9.17, 15) is 0 Å². The van der Waals surface area contributed by atoms with Crippen molar-refractivity contribution in [3.63, 3.8) is 0 Å². The van der Waals surface area contributed by atoms with Crippen molar-refractivity contribution in [2.24, 2.45) is 0 Å². The highest BCUT2D eigenvalue weighted by Gasteiger charge is 2.24. The molecule has 82 valence electrons. The van der Waals surface area contributed by atoms with Gasteiger partial charge in [0.05, 0.1) is 0 Å². The van der Waals surface area contributed by atoms with Crippen molar-refractivity contribution in [2.75, 3.05) is 13.6 Å². The van der Waals surface area contributed by atoms with Crippen molar-refractivity contribution in [3.05, 3.63) is 35.4 Å². The summed E-state index contributed by atoms with van der Waals surface area (Å²) in [7, 11) is 2.05. The van der Waals surface area contributed by atoms with E-state index in [-0.39, 0.29) is 0 Å². The number of benzene rings is 1. The summed E-state index contributed by atoms with van der Waals surface area (Å²) < 4.78 is 0. The third kappa shape index (κ3) is 2.39. The summed E-state index contributed by atoms with van der Waals surface area (Å²) in [5.74, 6) is 0. The average Bonchev–Trinajstić information content (AvgIpc) is 2.72. The highest BCUT2D eigenvalue weighted by Crippen LogP contribution is 2.23. The third-order valence-electron chi connectivity index (χ3n) is 3.21. The third-order valence-corrected chi connectivity index (χ3v) is 3.21. The quantitative estimate of drug-likeness (QED) is 0.787. The van der Waals surface area contributed by atoms with Crippen LogP contribution in [-0.2, 0) is 0 Å². The number of rotatable bonds is 3. The van der Waals surface area contributed by atoms with Gasteiger partial charge in [-0.1, -0.05) is 29.8 Å². The molecule has 2 heteroatoms. The number of aryl methyl sites for hydroxylation is 1. The zero-order valence-corrected chi connectivity index (χ0v) is 9.59. The maximum atomic E-state index is 3.56. The number of hydrogen-bond donors (Lipinski definition) is 2. The van der Waals surface area contributed by atoms with Gasteiger partial charge in [-0.05, 0) is 38.9 Å². The molecule has 0 radical (unpaired) electrons. The van der Waals surface area contributed by atoms with Crippen LogP contribution >= 0.6 is 0 Å². The van der Waals surface area contributed by atoms with E-state index in [2.05, 4.69) is 41.8 Å². The summed E-state index contributed by atoms with van der Waals surface area (Å²) in [6.45, 7) is 3.31. The Morgan fingerprint density at radius 2 is 2.33 bits per heavy atom. The Labute approximate surface area is 92.1 Å². The average molecular weight is 204 g/mol. The van der Waals surface area contributed by atoms with Crippen LogP contribution in [0.15, 0.2) is 24.3 Å². The van der Waals surface area contributed by atoms with Crippen molar-refractivity contribution in [3.8, 4) is 0 Å². The minimum absolute atomic E-state index is 0.451. The van der Waals surface area contributed by atoms with Gasteiger partial charge < -0.3 is 10.6 Å². The molecular weight excluding hydrogens is 184 g/mol. The fraction of sp³-hybridized carbons (Fsp3) is 0.538. The van der Waals surface area contributed by atoms with E-state index < -0.39 is 0 Å². The Morgan fingerprint density at radius 3 is 2.93 bits per heavy atom. The topological polar surface area (TPSA) is 24.1 Å². The second-order valence-corrected chi connectivity index (χ2v) is 4.38. The van der Waals surface area contributed by atoms with Crippen LogP contribution in [0.3, 0.4) is 0 Å². The first kappa shape index (κ1) is 10.7. The van der Waals surface area contributed by atoms with Crippen molar-refractivity contribution in [1.29, 1.82) is 0 Å². The highest BCUT2D eigenvalue weighted by molar-refractivity contribution is 5.26. The molecule has 1 aliphatic rings. The molecule has 1 saturated heterocycles. The van der Waals surface area contributed by atoms with Gasteiger partial charge in [-0.25, -0.2) is 0 Å². The predicted octanol–water partition coefficient (Wildman–Crippen LogP) is 2.01. The fourth-order valence-electron chi connectivity index (χ4n) is 2.46. The SMILES string of the molecule is CNC(c1cccc(C)c1)C1CCCN1. The van der Waals surface area contributed by atoms with Crippen molar-refractivity contribution < 1.29 is 0 Å². The van der Waals surface area contributed by atoms with Gasteiger partial charge in [0.2, 0.25) is 0 Å². The number of hydrogen-bond acceptors (Lipinski definition) is 2. The molecule has 0 bridgehead atoms. The zero-order valence-electron chi connectivity index (χ0n) is 9.59. The first-order valence-electron chi connectivity index (χ1n) is 5.78. The molecule has 15 heavy (non-hydrogen) atoms. The van der Waals surface area contributed by atoms with Gasteiger partial charge in [-0.15, -0.1) is 0 Å². The molecule has 2 N–H and O–H groups in total. The van der Waals surface area contributed by atoms with Gasteiger partial charge >= 0.3 is 0 Å². The largest absolute Gasteiger partial charge is 0.312 e. The van der Waals surface area contributed by atoms with Crippen LogP contribution in [0.4, 0.5) is 0 Å². The summed E-state index contributed by atoms with van der Waals surface area (Å²) in [5, 5.41) is 6.99. The van der Waals surface area contributed by atoms with E-state index in [1.54, 1.807) is 0 Å². The lowest BCUT2D eigenvalue weighted by molar-refractivity contribution is 0.440. The van der Waals surface area contributed by atoms with E-state index >= 15 is 0 Å². The van der Waals surface area contributed by atoms with Crippen molar-refractivity contribution in [2.45, 2.75) is 31.8 Å². The normalized spacial score (nSPS) is 22.9. The van der Waals surface area contributed by atoms with Gasteiger partial charge in [-0.2, -0.15) is 0 Å². The molecule has 0 spiro atoms. The molecule has 1 aromatic rings. The molecule has 1 aromatic carbocycles. The van der Waals surface area contributed by atoms with Gasteiger partial charge in [-0.3, -0.25) is 0 Å². The first-order valence-corrected chi connectivity index (χ1v) is 5.78. The number of nitrogens with one attached hydrogen (secondary N) is 2. The number of likely N-dealkylation sites (N-methyl/N-ethyl adjacent to an activating group) is 1. The minimum Gasteiger partial charge on any atom is -0.312 e. The van der Waals surface area contributed by atoms with Crippen molar-refractivity contribution >= 4 is 0 Å². The molecule has 0 aliphatic carbocycles. The Hall–Kier alpha value is -0.860. The van der Waals surface area contributed by atoms with Crippen LogP contribution in [0.25, 0.3) is 0 Å². The first-order chi connectivity index (χ1) is 7.31. The van der Waals surface area contributed by atoms with Gasteiger partial charge in [0, 0.05) is 12.1 Å². The second-order valence-electron chi connectivity index (χ2n) is 4.38. The van der Waals surface area contributed by atoms with Gasteiger partial charge in [0.1, 0.15) is 0 Å². The fourth-order valence-corrected chi connectivity index (χ4v) is 2.46. The van der Waals surface area contributed by atoms with E-state index in [4.69, 9.17) is 0 Å². The van der Waals surface area contributed by atoms with E-state index in [0.717, 1.165) is 6.54 Å². The van der Waals surface area contributed by atoms with Gasteiger partial charge in [0.25, 0.3) is 0 Å². The molecule has 1 heterocycles. The maximum Gasteiger partial charge on any atom is 0.0473 e. The molecule has 2 unspecified atom stereocenters. The summed E-state index contributed by atoms with van der Waals surface area (Å²) >= 11 is 0. The van der Waals surface area contributed by atoms with Gasteiger partial charge in [0.15, 0.2) is 0 Å². The predicted molar refractivity (Wildman–Crippen MR) is 64.0 cm³/mol. The molecular formula is C13H20N2. The molecule has 0 saturated carbocycles. The smallest absolute Gasteiger partial charge is 0.0473 e. The van der Waals surface area contributed by atoms with E-state index in [1.807, 2.05) is 7.05 Å². The van der Waals surface area contributed by atoms with Crippen LogP contribution in [0.2, 0.25) is 0 Å². The van der Waals surface area contributed by atoms with Crippen LogP contribution in [0, 0.1) is 6.92 Å². The summed E-state index contributed by atoms with van der Waals surface area (Å²) in [6.07, 6.45) is 2.58. The molecule has 2 rings (SSSR count). The summed E-state index contributed by atoms with van der Waals surface area (Å²) in [6, 6.07) is 9.83. The Kier molecular flexibility index (Phi) is 3.39. The monoisotopic (exact) mass is 204 g/mol. The maximum absolute atomic E-state index is 3.56. The summed E-state index contributed by atoms with van der Waals surface area (Å²) in [5.41, 5.74) is 2.74. The minimum atomic E-state index is 0.451. The Balaban J connectivity index is 2.18. The van der Waals surface area contributed by atoms with Crippen LogP contribution in [0.1, 0.15) is 30.0 Å². The molecule has 1 fully saturated rings. The zero-order chi connectivity index (χ0) is 10.7. The lowest BCUT2D eigenvalue weighted by atomic mass is 9.97. The van der Waals surface area contributed by atoms with Crippen LogP contribution < -0.4 is 10.6 Å². The molecule has 0 amide bonds. The molecule has 2 atom stereocenters. The lowest BCUT2D eigenvalue weighted by Gasteiger charge is -2.24. The molecule has 2 nitrogen and oxygen atoms in total. The van der Waals surface area contributed by atoms with Crippen molar-refractivity contribution in [1.82, 2.24) is 10.6 Å². The Morgan fingerprint density at radius 1 is 1.47 bits per heavy atom.